The number of ketones is 2. The van der Waals surface area contributed by atoms with Crippen molar-refractivity contribution in [2.24, 2.45) is 5.92 Å². The number of ether oxygens (including phenoxy) is 2. The molecular weight excluding hydrogens is 264 g/mol. The minimum atomic E-state index is -1.58. The summed E-state index contributed by atoms with van der Waals surface area (Å²) in [6, 6.07) is 3.19. The van der Waals surface area contributed by atoms with Crippen molar-refractivity contribution in [1.29, 1.82) is 0 Å². The van der Waals surface area contributed by atoms with Crippen LogP contribution in [-0.4, -0.2) is 36.9 Å². The average Bonchev–Trinajstić information content (AvgIpc) is 2.45. The third kappa shape index (κ3) is 2.24. The highest BCUT2D eigenvalue weighted by Crippen LogP contribution is 2.35. The number of benzene rings is 1. The highest BCUT2D eigenvalue weighted by Gasteiger charge is 2.36. The lowest BCUT2D eigenvalue weighted by Crippen LogP contribution is -2.33. The Hall–Kier alpha value is -2.37. The van der Waals surface area contributed by atoms with Crippen molar-refractivity contribution in [3.05, 3.63) is 23.3 Å². The lowest BCUT2D eigenvalue weighted by Gasteiger charge is -2.22. The van der Waals surface area contributed by atoms with Gasteiger partial charge in [-0.15, -0.1) is 0 Å². The molecule has 1 aromatic rings. The molecule has 0 heterocycles. The lowest BCUT2D eigenvalue weighted by molar-refractivity contribution is -0.150. The van der Waals surface area contributed by atoms with E-state index in [4.69, 9.17) is 14.6 Å². The van der Waals surface area contributed by atoms with Crippen LogP contribution in [-0.2, 0) is 16.0 Å². The number of Topliss-reactive ketones (excluding diaryl/α,β-unsaturated/α-hetero) is 2. The van der Waals surface area contributed by atoms with Gasteiger partial charge in [-0.1, -0.05) is 0 Å². The number of aryl methyl sites for hydroxylation is 1. The molecule has 6 heteroatoms. The largest absolute Gasteiger partial charge is 0.493 e. The fourth-order valence-corrected chi connectivity index (χ4v) is 2.38. The number of carboxylic acids is 1. The molecule has 0 radical (unpaired) electrons. The van der Waals surface area contributed by atoms with Crippen molar-refractivity contribution in [2.75, 3.05) is 14.2 Å². The first-order valence-corrected chi connectivity index (χ1v) is 6.05. The maximum Gasteiger partial charge on any atom is 0.372 e. The first-order valence-electron chi connectivity index (χ1n) is 6.05. The van der Waals surface area contributed by atoms with Crippen LogP contribution in [0, 0.1) is 5.92 Å². The SMILES string of the molecule is COc1cc2c(cc1OC)C(=O)C(C(=O)C(=O)O)CC2. The van der Waals surface area contributed by atoms with Crippen LogP contribution in [0.15, 0.2) is 12.1 Å². The summed E-state index contributed by atoms with van der Waals surface area (Å²) in [6.45, 7) is 0. The zero-order valence-electron chi connectivity index (χ0n) is 11.1. The van der Waals surface area contributed by atoms with Crippen molar-refractivity contribution >= 4 is 17.5 Å². The Labute approximate surface area is 115 Å². The third-order valence-corrected chi connectivity index (χ3v) is 3.42. The normalized spacial score (nSPS) is 17.3. The minimum absolute atomic E-state index is 0.201. The number of hydrogen-bond acceptors (Lipinski definition) is 5. The molecule has 20 heavy (non-hydrogen) atoms. The van der Waals surface area contributed by atoms with E-state index in [9.17, 15) is 14.4 Å². The quantitative estimate of drug-likeness (QED) is 0.655. The van der Waals surface area contributed by atoms with Crippen LogP contribution in [0.1, 0.15) is 22.3 Å². The Kier molecular flexibility index (Phi) is 3.74. The maximum atomic E-state index is 12.2. The molecule has 0 amide bonds. The van der Waals surface area contributed by atoms with Gasteiger partial charge in [0.15, 0.2) is 17.3 Å². The molecule has 106 valence electrons. The summed E-state index contributed by atoms with van der Waals surface area (Å²) in [4.78, 5) is 34.5. The van der Waals surface area contributed by atoms with E-state index in [-0.39, 0.29) is 6.42 Å². The fraction of sp³-hybridized carbons (Fsp3) is 0.357. The van der Waals surface area contributed by atoms with Crippen LogP contribution in [0.4, 0.5) is 0 Å². The van der Waals surface area contributed by atoms with E-state index in [2.05, 4.69) is 0 Å². The number of hydrogen-bond donors (Lipinski definition) is 1. The van der Waals surface area contributed by atoms with Crippen LogP contribution < -0.4 is 9.47 Å². The smallest absolute Gasteiger partial charge is 0.372 e. The molecule has 1 aliphatic carbocycles. The molecule has 0 fully saturated rings. The van der Waals surface area contributed by atoms with Gasteiger partial charge in [-0.2, -0.15) is 0 Å². The Morgan fingerprint density at radius 3 is 2.35 bits per heavy atom. The average molecular weight is 278 g/mol. The standard InChI is InChI=1S/C14H14O6/c1-19-10-5-7-3-4-8(13(16)14(17)18)12(15)9(7)6-11(10)20-2/h5-6,8H,3-4H2,1-2H3,(H,17,18). The number of rotatable bonds is 4. The maximum absolute atomic E-state index is 12.2. The van der Waals surface area contributed by atoms with Gasteiger partial charge in [-0.05, 0) is 30.5 Å². The van der Waals surface area contributed by atoms with Crippen molar-refractivity contribution in [3.63, 3.8) is 0 Å². The number of fused-ring (bicyclic) bond motifs is 1. The van der Waals surface area contributed by atoms with Gasteiger partial charge < -0.3 is 14.6 Å². The second kappa shape index (κ2) is 5.32. The molecule has 6 nitrogen and oxygen atoms in total. The molecule has 1 aromatic carbocycles. The number of carbonyl (C=O) groups is 3. The third-order valence-electron chi connectivity index (χ3n) is 3.42. The summed E-state index contributed by atoms with van der Waals surface area (Å²) in [5, 5.41) is 8.74. The first kappa shape index (κ1) is 14.0. The topological polar surface area (TPSA) is 89.9 Å². The van der Waals surface area contributed by atoms with Crippen molar-refractivity contribution in [1.82, 2.24) is 0 Å². The molecule has 1 N–H and O–H groups in total. The van der Waals surface area contributed by atoms with E-state index in [1.165, 1.54) is 20.3 Å². The minimum Gasteiger partial charge on any atom is -0.493 e. The van der Waals surface area contributed by atoms with Crippen LogP contribution in [0.2, 0.25) is 0 Å². The zero-order valence-corrected chi connectivity index (χ0v) is 11.1. The summed E-state index contributed by atoms with van der Waals surface area (Å²) in [7, 11) is 2.93. The molecule has 0 aliphatic heterocycles. The predicted octanol–water partition coefficient (Wildman–Crippen LogP) is 1.10. The Balaban J connectivity index is 2.44. The summed E-state index contributed by atoms with van der Waals surface area (Å²) in [6.07, 6.45) is 0.650. The molecule has 1 aliphatic rings. The zero-order chi connectivity index (χ0) is 14.9. The van der Waals surface area contributed by atoms with E-state index in [1.54, 1.807) is 6.07 Å². The number of carboxylic acid groups (broad SMARTS) is 1. The van der Waals surface area contributed by atoms with Crippen LogP contribution in [0.5, 0.6) is 11.5 Å². The van der Waals surface area contributed by atoms with E-state index in [0.29, 0.717) is 23.5 Å². The van der Waals surface area contributed by atoms with Crippen LogP contribution in [0.3, 0.4) is 0 Å². The molecule has 1 atom stereocenters. The van der Waals surface area contributed by atoms with Gasteiger partial charge in [-0.3, -0.25) is 9.59 Å². The monoisotopic (exact) mass is 278 g/mol. The second-order valence-corrected chi connectivity index (χ2v) is 4.49. The molecule has 0 saturated heterocycles. The first-order chi connectivity index (χ1) is 9.49. The number of methoxy groups -OCH3 is 2. The molecule has 0 bridgehead atoms. The summed E-state index contributed by atoms with van der Waals surface area (Å²) in [5.41, 5.74) is 1.07. The highest BCUT2D eigenvalue weighted by atomic mass is 16.5. The van der Waals surface area contributed by atoms with Crippen LogP contribution >= 0.6 is 0 Å². The molecule has 2 rings (SSSR count). The van der Waals surface area contributed by atoms with Gasteiger partial charge >= 0.3 is 5.97 Å². The van der Waals surface area contributed by atoms with Crippen molar-refractivity contribution in [3.8, 4) is 11.5 Å². The van der Waals surface area contributed by atoms with E-state index in [0.717, 1.165) is 5.56 Å². The van der Waals surface area contributed by atoms with Gasteiger partial charge in [0.25, 0.3) is 5.78 Å². The summed E-state index contributed by atoms with van der Waals surface area (Å²) in [5.74, 6) is -3.34. The Morgan fingerprint density at radius 2 is 1.80 bits per heavy atom. The predicted molar refractivity (Wildman–Crippen MR) is 68.3 cm³/mol. The van der Waals surface area contributed by atoms with E-state index >= 15 is 0 Å². The fourth-order valence-electron chi connectivity index (χ4n) is 2.38. The second-order valence-electron chi connectivity index (χ2n) is 4.49. The van der Waals surface area contributed by atoms with Crippen molar-refractivity contribution < 1.29 is 29.0 Å². The van der Waals surface area contributed by atoms with Gasteiger partial charge in [-0.25, -0.2) is 4.79 Å². The number of aliphatic carboxylic acids is 1. The summed E-state index contributed by atoms with van der Waals surface area (Å²) < 4.78 is 10.3. The van der Waals surface area contributed by atoms with E-state index < -0.39 is 23.5 Å². The Bertz CT molecular complexity index is 590. The van der Waals surface area contributed by atoms with E-state index in [1.807, 2.05) is 0 Å². The van der Waals surface area contributed by atoms with Gasteiger partial charge in [0, 0.05) is 5.56 Å². The molecule has 0 spiro atoms. The molecule has 1 unspecified atom stereocenters. The van der Waals surface area contributed by atoms with Crippen LogP contribution in [0.25, 0.3) is 0 Å². The highest BCUT2D eigenvalue weighted by molar-refractivity contribution is 6.39. The summed E-state index contributed by atoms with van der Waals surface area (Å²) >= 11 is 0. The van der Waals surface area contributed by atoms with Gasteiger partial charge in [0.2, 0.25) is 0 Å². The molecule has 0 aromatic heterocycles. The van der Waals surface area contributed by atoms with Gasteiger partial charge in [0.1, 0.15) is 0 Å². The number of carbonyl (C=O) groups excluding carboxylic acids is 2. The molecular formula is C14H14O6. The Morgan fingerprint density at radius 1 is 1.20 bits per heavy atom. The molecule has 0 saturated carbocycles. The lowest BCUT2D eigenvalue weighted by atomic mass is 9.80. The van der Waals surface area contributed by atoms with Gasteiger partial charge in [0.05, 0.1) is 20.1 Å². The van der Waals surface area contributed by atoms with Crippen molar-refractivity contribution in [2.45, 2.75) is 12.8 Å².